The van der Waals surface area contributed by atoms with Crippen LogP contribution in [0.1, 0.15) is 12.5 Å². The number of aryl methyl sites for hydroxylation is 1. The van der Waals surface area contributed by atoms with Gasteiger partial charge in [-0.05, 0) is 25.6 Å². The molecule has 0 bridgehead atoms. The Hall–Kier alpha value is -1.51. The highest BCUT2D eigenvalue weighted by Crippen LogP contribution is 2.12. The summed E-state index contributed by atoms with van der Waals surface area (Å²) in [5, 5.41) is 10.5. The van der Waals surface area contributed by atoms with Crippen molar-refractivity contribution in [3.63, 3.8) is 0 Å². The number of nitro groups is 1. The fourth-order valence-corrected chi connectivity index (χ4v) is 2.71. The van der Waals surface area contributed by atoms with E-state index in [2.05, 4.69) is 4.72 Å². The predicted molar refractivity (Wildman–Crippen MR) is 81.8 cm³/mol. The van der Waals surface area contributed by atoms with Crippen molar-refractivity contribution in [2.45, 2.75) is 13.3 Å². The third-order valence-electron chi connectivity index (χ3n) is 3.16. The molecule has 0 spiro atoms. The Kier molecular flexibility index (Phi) is 6.73. The van der Waals surface area contributed by atoms with Crippen molar-refractivity contribution in [1.29, 1.82) is 0 Å². The van der Waals surface area contributed by atoms with Gasteiger partial charge in [0, 0.05) is 25.2 Å². The number of non-ortho nitro benzene ring substituents is 1. The molecular weight excluding hydrogens is 294 g/mol. The quantitative estimate of drug-likeness (QED) is 0.542. The molecule has 1 rings (SSSR count). The molecule has 0 atom stereocenters. The lowest BCUT2D eigenvalue weighted by Gasteiger charge is -2.14. The van der Waals surface area contributed by atoms with Crippen LogP contribution in [0.3, 0.4) is 0 Å². The molecule has 0 saturated heterocycles. The normalized spacial score (nSPS) is 11.8. The van der Waals surface area contributed by atoms with Crippen LogP contribution in [0.2, 0.25) is 0 Å². The van der Waals surface area contributed by atoms with Gasteiger partial charge in [-0.3, -0.25) is 10.1 Å². The fourth-order valence-electron chi connectivity index (χ4n) is 1.66. The molecule has 0 heterocycles. The van der Waals surface area contributed by atoms with Crippen LogP contribution in [-0.2, 0) is 16.4 Å². The molecule has 0 fully saturated rings. The number of likely N-dealkylation sites (N-methyl/N-ethyl adjacent to an activating group) is 1. The maximum atomic E-state index is 11.8. The summed E-state index contributed by atoms with van der Waals surface area (Å²) < 4.78 is 26.2. The van der Waals surface area contributed by atoms with E-state index in [4.69, 9.17) is 0 Å². The molecule has 0 aliphatic heterocycles. The van der Waals surface area contributed by atoms with Crippen molar-refractivity contribution in [1.82, 2.24) is 9.62 Å². The van der Waals surface area contributed by atoms with Crippen LogP contribution in [-0.4, -0.2) is 50.7 Å². The van der Waals surface area contributed by atoms with Crippen molar-refractivity contribution in [3.8, 4) is 0 Å². The number of benzene rings is 1. The van der Waals surface area contributed by atoms with E-state index in [9.17, 15) is 18.5 Å². The van der Waals surface area contributed by atoms with E-state index in [0.717, 1.165) is 12.1 Å². The minimum atomic E-state index is -3.32. The Morgan fingerprint density at radius 2 is 1.90 bits per heavy atom. The molecule has 0 saturated carbocycles. The first kappa shape index (κ1) is 17.5. The minimum Gasteiger partial charge on any atom is -0.305 e. The van der Waals surface area contributed by atoms with Gasteiger partial charge < -0.3 is 4.90 Å². The van der Waals surface area contributed by atoms with Gasteiger partial charge in [0.05, 0.1) is 10.7 Å². The zero-order valence-electron chi connectivity index (χ0n) is 12.3. The van der Waals surface area contributed by atoms with E-state index in [1.54, 1.807) is 12.1 Å². The first-order chi connectivity index (χ1) is 9.84. The average Bonchev–Trinajstić information content (AvgIpc) is 2.45. The molecule has 1 N–H and O–H groups in total. The largest absolute Gasteiger partial charge is 0.305 e. The monoisotopic (exact) mass is 315 g/mol. The highest BCUT2D eigenvalue weighted by atomic mass is 32.2. The van der Waals surface area contributed by atoms with E-state index < -0.39 is 14.9 Å². The van der Waals surface area contributed by atoms with E-state index in [-0.39, 0.29) is 11.4 Å². The Bertz CT molecular complexity index is 557. The summed E-state index contributed by atoms with van der Waals surface area (Å²) in [6, 6.07) is 5.92. The third-order valence-corrected chi connectivity index (χ3v) is 4.55. The highest BCUT2D eigenvalue weighted by Gasteiger charge is 2.11. The first-order valence-electron chi connectivity index (χ1n) is 6.73. The molecule has 0 aliphatic carbocycles. The van der Waals surface area contributed by atoms with Gasteiger partial charge in [0.25, 0.3) is 5.69 Å². The van der Waals surface area contributed by atoms with Gasteiger partial charge in [-0.15, -0.1) is 0 Å². The molecule has 0 amide bonds. The number of sulfonamides is 1. The number of nitro benzene ring substituents is 1. The van der Waals surface area contributed by atoms with Crippen molar-refractivity contribution in [2.75, 3.05) is 32.4 Å². The minimum absolute atomic E-state index is 0.00216. The maximum Gasteiger partial charge on any atom is 0.269 e. The van der Waals surface area contributed by atoms with E-state index >= 15 is 0 Å². The molecule has 0 unspecified atom stereocenters. The Morgan fingerprint density at radius 1 is 1.29 bits per heavy atom. The highest BCUT2D eigenvalue weighted by molar-refractivity contribution is 7.89. The van der Waals surface area contributed by atoms with Gasteiger partial charge >= 0.3 is 0 Å². The summed E-state index contributed by atoms with van der Waals surface area (Å²) in [7, 11) is -1.40. The molecule has 21 heavy (non-hydrogen) atoms. The number of hydrogen-bond donors (Lipinski definition) is 1. The van der Waals surface area contributed by atoms with Crippen LogP contribution in [0, 0.1) is 10.1 Å². The van der Waals surface area contributed by atoms with Gasteiger partial charge in [-0.25, -0.2) is 13.1 Å². The van der Waals surface area contributed by atoms with Crippen molar-refractivity contribution >= 4 is 15.7 Å². The topological polar surface area (TPSA) is 92.6 Å². The van der Waals surface area contributed by atoms with Crippen LogP contribution in [0.5, 0.6) is 0 Å². The summed E-state index contributed by atoms with van der Waals surface area (Å²) in [5.41, 5.74) is 0.763. The van der Waals surface area contributed by atoms with Gasteiger partial charge in [0.1, 0.15) is 0 Å². The first-order valence-corrected chi connectivity index (χ1v) is 8.38. The van der Waals surface area contributed by atoms with Crippen LogP contribution in [0.4, 0.5) is 5.69 Å². The second-order valence-electron chi connectivity index (χ2n) is 4.78. The maximum absolute atomic E-state index is 11.8. The summed E-state index contributed by atoms with van der Waals surface area (Å²) in [5.74, 6) is -0.0271. The van der Waals surface area contributed by atoms with Crippen LogP contribution >= 0.6 is 0 Å². The second-order valence-corrected chi connectivity index (χ2v) is 6.71. The Balaban J connectivity index is 2.44. The van der Waals surface area contributed by atoms with E-state index in [0.29, 0.717) is 19.5 Å². The van der Waals surface area contributed by atoms with Gasteiger partial charge in [0.15, 0.2) is 0 Å². The standard InChI is InChI=1S/C13H21N3O4S/c1-3-15(2)10-9-14-21(19,20)11-8-12-4-6-13(7-5-12)16(17)18/h4-7,14H,3,8-11H2,1-2H3. The number of nitrogens with one attached hydrogen (secondary N) is 1. The Morgan fingerprint density at radius 3 is 2.43 bits per heavy atom. The molecule has 0 aromatic heterocycles. The lowest BCUT2D eigenvalue weighted by Crippen LogP contribution is -2.34. The second kappa shape index (κ2) is 8.06. The number of hydrogen-bond acceptors (Lipinski definition) is 5. The van der Waals surface area contributed by atoms with Crippen LogP contribution < -0.4 is 4.72 Å². The van der Waals surface area contributed by atoms with Crippen molar-refractivity contribution in [2.24, 2.45) is 0 Å². The molecular formula is C13H21N3O4S. The molecule has 118 valence electrons. The molecule has 8 heteroatoms. The lowest BCUT2D eigenvalue weighted by molar-refractivity contribution is -0.384. The van der Waals surface area contributed by atoms with E-state index in [1.807, 2.05) is 18.9 Å². The van der Waals surface area contributed by atoms with Gasteiger partial charge in [-0.1, -0.05) is 19.1 Å². The molecule has 1 aromatic rings. The smallest absolute Gasteiger partial charge is 0.269 e. The summed E-state index contributed by atoms with van der Waals surface area (Å²) in [6.45, 7) is 3.91. The molecule has 7 nitrogen and oxygen atoms in total. The van der Waals surface area contributed by atoms with Crippen LogP contribution in [0.15, 0.2) is 24.3 Å². The van der Waals surface area contributed by atoms with Gasteiger partial charge in [-0.2, -0.15) is 0 Å². The zero-order chi connectivity index (χ0) is 15.9. The van der Waals surface area contributed by atoms with Crippen molar-refractivity contribution in [3.05, 3.63) is 39.9 Å². The molecule has 0 aliphatic rings. The SMILES string of the molecule is CCN(C)CCNS(=O)(=O)CCc1ccc([N+](=O)[O-])cc1. The van der Waals surface area contributed by atoms with Crippen LogP contribution in [0.25, 0.3) is 0 Å². The zero-order valence-corrected chi connectivity index (χ0v) is 13.1. The Labute approximate surface area is 125 Å². The van der Waals surface area contributed by atoms with E-state index in [1.165, 1.54) is 12.1 Å². The summed E-state index contributed by atoms with van der Waals surface area (Å²) in [6.07, 6.45) is 0.330. The van der Waals surface area contributed by atoms with Crippen molar-refractivity contribution < 1.29 is 13.3 Å². The van der Waals surface area contributed by atoms with Gasteiger partial charge in [0.2, 0.25) is 10.0 Å². The fraction of sp³-hybridized carbons (Fsp3) is 0.538. The predicted octanol–water partition coefficient (Wildman–Crippen LogP) is 1.01. The third kappa shape index (κ3) is 6.65. The molecule has 0 radical (unpaired) electrons. The average molecular weight is 315 g/mol. The molecule has 1 aromatic carbocycles. The summed E-state index contributed by atoms with van der Waals surface area (Å²) in [4.78, 5) is 12.1. The summed E-state index contributed by atoms with van der Waals surface area (Å²) >= 11 is 0. The number of rotatable bonds is 9. The lowest BCUT2D eigenvalue weighted by atomic mass is 10.1. The number of nitrogens with zero attached hydrogens (tertiary/aromatic N) is 2.